The van der Waals surface area contributed by atoms with E-state index in [1.54, 1.807) is 13.8 Å². The highest BCUT2D eigenvalue weighted by atomic mass is 19.4. The minimum atomic E-state index is -4.59. The number of hydrogen-bond acceptors (Lipinski definition) is 6. The molecule has 0 aromatic carbocycles. The summed E-state index contributed by atoms with van der Waals surface area (Å²) in [5, 5.41) is 6.64. The van der Waals surface area contributed by atoms with E-state index in [-0.39, 0.29) is 17.9 Å². The number of anilines is 1. The molecule has 1 N–H and O–H groups in total. The van der Waals surface area contributed by atoms with Crippen molar-refractivity contribution in [1.29, 1.82) is 0 Å². The average Bonchev–Trinajstić information content (AvgIpc) is 3.07. The lowest BCUT2D eigenvalue weighted by molar-refractivity contribution is -0.141. The second-order valence-corrected chi connectivity index (χ2v) is 7.32. The molecule has 0 fully saturated rings. The summed E-state index contributed by atoms with van der Waals surface area (Å²) in [5.74, 6) is -1.65. The molecule has 0 atom stereocenters. The van der Waals surface area contributed by atoms with Gasteiger partial charge in [-0.3, -0.25) is 24.4 Å². The molecule has 0 radical (unpaired) electrons. The quantitative estimate of drug-likeness (QED) is 0.438. The van der Waals surface area contributed by atoms with Crippen LogP contribution in [0.25, 0.3) is 22.4 Å². The monoisotopic (exact) mass is 471 g/mol. The summed E-state index contributed by atoms with van der Waals surface area (Å²) in [6.45, 7) is 2.96. The lowest BCUT2D eigenvalue weighted by atomic mass is 10.0. The van der Waals surface area contributed by atoms with Gasteiger partial charge < -0.3 is 5.32 Å². The number of rotatable bonds is 5. The van der Waals surface area contributed by atoms with Crippen molar-refractivity contribution in [3.63, 3.8) is 0 Å². The van der Waals surface area contributed by atoms with E-state index in [1.165, 1.54) is 41.6 Å². The highest BCUT2D eigenvalue weighted by Gasteiger charge is 2.33. The number of carbonyl (C=O) groups excluding carboxylic acids is 1. The van der Waals surface area contributed by atoms with E-state index in [9.17, 15) is 22.4 Å². The number of alkyl halides is 3. The minimum Gasteiger partial charge on any atom is -0.307 e. The molecule has 0 unspecified atom stereocenters. The number of carbonyl (C=O) groups is 1. The van der Waals surface area contributed by atoms with Crippen LogP contribution in [-0.2, 0) is 17.5 Å². The van der Waals surface area contributed by atoms with Crippen molar-refractivity contribution in [1.82, 2.24) is 29.7 Å². The minimum absolute atomic E-state index is 0.274. The van der Waals surface area contributed by atoms with Crippen LogP contribution < -0.4 is 5.32 Å². The third-order valence-electron chi connectivity index (χ3n) is 4.97. The third kappa shape index (κ3) is 4.75. The van der Waals surface area contributed by atoms with Gasteiger partial charge in [-0.1, -0.05) is 0 Å². The van der Waals surface area contributed by atoms with E-state index >= 15 is 0 Å². The number of hydrogen-bond donors (Lipinski definition) is 1. The first kappa shape index (κ1) is 23.0. The molecular formula is C22H17F4N7O. The van der Waals surface area contributed by atoms with Crippen LogP contribution in [0.1, 0.15) is 17.1 Å². The molecule has 12 heteroatoms. The summed E-state index contributed by atoms with van der Waals surface area (Å²) < 4.78 is 55.0. The SMILES string of the molecule is Cc1nn(CC(=O)Nc2ncc(-c3cnccn3)cc2F)c(C)c1-c1ccnc(C(F)(F)F)c1. The molecule has 0 saturated carbocycles. The average molecular weight is 471 g/mol. The predicted molar refractivity (Wildman–Crippen MR) is 114 cm³/mol. The molecule has 174 valence electrons. The number of nitrogens with zero attached hydrogens (tertiary/aromatic N) is 6. The number of aryl methyl sites for hydroxylation is 1. The van der Waals surface area contributed by atoms with Crippen LogP contribution in [0, 0.1) is 19.7 Å². The van der Waals surface area contributed by atoms with Gasteiger partial charge in [0.1, 0.15) is 12.2 Å². The van der Waals surface area contributed by atoms with Gasteiger partial charge in [-0.15, -0.1) is 0 Å². The van der Waals surface area contributed by atoms with Gasteiger partial charge in [0.2, 0.25) is 5.91 Å². The predicted octanol–water partition coefficient (Wildman–Crippen LogP) is 4.21. The summed E-state index contributed by atoms with van der Waals surface area (Å²) in [6.07, 6.45) is 2.23. The van der Waals surface area contributed by atoms with Crippen LogP contribution in [0.5, 0.6) is 0 Å². The molecule has 8 nitrogen and oxygen atoms in total. The molecule has 0 aliphatic carbocycles. The summed E-state index contributed by atoms with van der Waals surface area (Å²) >= 11 is 0. The van der Waals surface area contributed by atoms with Crippen molar-refractivity contribution >= 4 is 11.7 Å². The molecule has 0 spiro atoms. The normalized spacial score (nSPS) is 11.5. The fourth-order valence-electron chi connectivity index (χ4n) is 3.44. The summed E-state index contributed by atoms with van der Waals surface area (Å²) in [4.78, 5) is 27.8. The van der Waals surface area contributed by atoms with Crippen molar-refractivity contribution in [3.8, 4) is 22.4 Å². The van der Waals surface area contributed by atoms with Crippen LogP contribution in [0.4, 0.5) is 23.4 Å². The van der Waals surface area contributed by atoms with Crippen LogP contribution in [-0.4, -0.2) is 35.6 Å². The molecule has 4 heterocycles. The zero-order valence-electron chi connectivity index (χ0n) is 17.9. The first-order chi connectivity index (χ1) is 16.1. The topological polar surface area (TPSA) is 98.5 Å². The Bertz CT molecular complexity index is 1350. The second-order valence-electron chi connectivity index (χ2n) is 7.32. The van der Waals surface area contributed by atoms with Crippen molar-refractivity contribution in [2.75, 3.05) is 5.32 Å². The highest BCUT2D eigenvalue weighted by molar-refractivity contribution is 5.90. The molecule has 0 saturated heterocycles. The molecular weight excluding hydrogens is 454 g/mol. The number of amides is 1. The Labute approximate surface area is 190 Å². The van der Waals surface area contributed by atoms with Gasteiger partial charge in [-0.05, 0) is 37.6 Å². The van der Waals surface area contributed by atoms with Gasteiger partial charge in [0, 0.05) is 41.6 Å². The first-order valence-corrected chi connectivity index (χ1v) is 9.93. The molecule has 0 bridgehead atoms. The van der Waals surface area contributed by atoms with Crippen LogP contribution >= 0.6 is 0 Å². The fourth-order valence-corrected chi connectivity index (χ4v) is 3.44. The van der Waals surface area contributed by atoms with Crippen molar-refractivity contribution in [2.24, 2.45) is 0 Å². The van der Waals surface area contributed by atoms with Gasteiger partial charge in [-0.2, -0.15) is 18.3 Å². The van der Waals surface area contributed by atoms with E-state index in [1.807, 2.05) is 0 Å². The molecule has 0 aliphatic heterocycles. The Morgan fingerprint density at radius 2 is 1.82 bits per heavy atom. The molecule has 1 amide bonds. The van der Waals surface area contributed by atoms with Crippen LogP contribution in [0.2, 0.25) is 0 Å². The van der Waals surface area contributed by atoms with Crippen LogP contribution in [0.15, 0.2) is 49.2 Å². The lowest BCUT2D eigenvalue weighted by Gasteiger charge is -2.09. The number of nitrogens with one attached hydrogen (secondary N) is 1. The second kappa shape index (κ2) is 8.96. The van der Waals surface area contributed by atoms with E-state index in [0.29, 0.717) is 28.2 Å². The Morgan fingerprint density at radius 1 is 1.03 bits per heavy atom. The number of aromatic nitrogens is 6. The van der Waals surface area contributed by atoms with Crippen molar-refractivity contribution in [3.05, 3.63) is 72.1 Å². The van der Waals surface area contributed by atoms with Gasteiger partial charge in [0.05, 0.1) is 17.6 Å². The maximum absolute atomic E-state index is 14.5. The third-order valence-corrected chi connectivity index (χ3v) is 4.97. The summed E-state index contributed by atoms with van der Waals surface area (Å²) in [7, 11) is 0. The first-order valence-electron chi connectivity index (χ1n) is 9.93. The largest absolute Gasteiger partial charge is 0.433 e. The lowest BCUT2D eigenvalue weighted by Crippen LogP contribution is -2.21. The zero-order valence-corrected chi connectivity index (χ0v) is 17.9. The molecule has 0 aliphatic rings. The molecule has 4 rings (SSSR count). The van der Waals surface area contributed by atoms with Crippen molar-refractivity contribution < 1.29 is 22.4 Å². The van der Waals surface area contributed by atoms with E-state index < -0.39 is 23.6 Å². The van der Waals surface area contributed by atoms with Gasteiger partial charge in [-0.25, -0.2) is 9.37 Å². The highest BCUT2D eigenvalue weighted by Crippen LogP contribution is 2.33. The Balaban J connectivity index is 1.53. The van der Waals surface area contributed by atoms with Crippen LogP contribution in [0.3, 0.4) is 0 Å². The van der Waals surface area contributed by atoms with E-state index in [4.69, 9.17) is 0 Å². The number of halogens is 4. The smallest absolute Gasteiger partial charge is 0.307 e. The Hall–Kier alpha value is -4.22. The maximum atomic E-state index is 14.5. The van der Waals surface area contributed by atoms with E-state index in [2.05, 4.69) is 30.4 Å². The number of pyridine rings is 2. The Morgan fingerprint density at radius 3 is 2.50 bits per heavy atom. The van der Waals surface area contributed by atoms with E-state index in [0.717, 1.165) is 12.3 Å². The standard InChI is InChI=1S/C22H17F4N7O/c1-12-20(14-3-4-29-18(8-14)22(24,25)26)13(2)33(32-12)11-19(34)31-21-16(23)7-15(9-30-21)17-10-27-5-6-28-17/h3-10H,11H2,1-2H3,(H,30,31,34). The van der Waals surface area contributed by atoms with Crippen molar-refractivity contribution in [2.45, 2.75) is 26.6 Å². The summed E-state index contributed by atoms with van der Waals surface area (Å²) in [5.41, 5.74) is 1.42. The molecule has 4 aromatic heterocycles. The Kier molecular flexibility index (Phi) is 6.05. The zero-order chi connectivity index (χ0) is 24.5. The van der Waals surface area contributed by atoms with Gasteiger partial charge >= 0.3 is 6.18 Å². The maximum Gasteiger partial charge on any atom is 0.433 e. The van der Waals surface area contributed by atoms with Gasteiger partial charge in [0.15, 0.2) is 11.6 Å². The molecule has 34 heavy (non-hydrogen) atoms. The molecule has 4 aromatic rings. The fraction of sp³-hybridized carbons (Fsp3) is 0.182. The van der Waals surface area contributed by atoms with Gasteiger partial charge in [0.25, 0.3) is 0 Å². The summed E-state index contributed by atoms with van der Waals surface area (Å²) in [6, 6.07) is 3.55.